The van der Waals surface area contributed by atoms with Crippen molar-refractivity contribution in [2.75, 3.05) is 33.3 Å². The lowest BCUT2D eigenvalue weighted by Gasteiger charge is -2.33. The summed E-state index contributed by atoms with van der Waals surface area (Å²) in [5, 5.41) is 2.75. The first kappa shape index (κ1) is 11.2. The van der Waals surface area contributed by atoms with Crippen LogP contribution in [0.4, 0.5) is 4.79 Å². The predicted octanol–water partition coefficient (Wildman–Crippen LogP) is -0.743. The van der Waals surface area contributed by atoms with Gasteiger partial charge in [0.25, 0.3) is 0 Å². The fourth-order valence-electron chi connectivity index (χ4n) is 2.19. The van der Waals surface area contributed by atoms with E-state index < -0.39 is 0 Å². The lowest BCUT2D eigenvalue weighted by atomic mass is 10.1. The van der Waals surface area contributed by atoms with E-state index in [4.69, 9.17) is 4.74 Å². The maximum atomic E-state index is 11.6. The molecule has 2 aliphatic heterocycles. The van der Waals surface area contributed by atoms with E-state index in [1.54, 1.807) is 16.8 Å². The van der Waals surface area contributed by atoms with Crippen molar-refractivity contribution in [1.82, 2.24) is 15.1 Å². The van der Waals surface area contributed by atoms with Crippen LogP contribution in [-0.4, -0.2) is 67.2 Å². The average molecular weight is 227 g/mol. The normalized spacial score (nSPS) is 29.2. The van der Waals surface area contributed by atoms with Gasteiger partial charge in [0.15, 0.2) is 0 Å². The number of amides is 3. The molecule has 90 valence electrons. The highest BCUT2D eigenvalue weighted by Crippen LogP contribution is 2.22. The standard InChI is InChI=1S/C10H17N3O3/c1-3-11-10(15)13-4-7-8(5-13)16-6-9(14)12(7)2/h7-8H,3-6H2,1-2H3,(H,11,15)/t7-,8+/m1/s1. The Labute approximate surface area is 94.5 Å². The van der Waals surface area contributed by atoms with Crippen LogP contribution >= 0.6 is 0 Å². The van der Waals surface area contributed by atoms with Gasteiger partial charge in [-0.2, -0.15) is 0 Å². The van der Waals surface area contributed by atoms with Gasteiger partial charge in [-0.05, 0) is 6.92 Å². The summed E-state index contributed by atoms with van der Waals surface area (Å²) in [6.45, 7) is 3.74. The zero-order valence-electron chi connectivity index (χ0n) is 9.60. The van der Waals surface area contributed by atoms with E-state index in [0.717, 1.165) is 0 Å². The molecule has 2 atom stereocenters. The Morgan fingerprint density at radius 3 is 3.00 bits per heavy atom. The van der Waals surface area contributed by atoms with E-state index in [9.17, 15) is 9.59 Å². The van der Waals surface area contributed by atoms with Gasteiger partial charge in [0, 0.05) is 20.1 Å². The van der Waals surface area contributed by atoms with Crippen molar-refractivity contribution in [2.45, 2.75) is 19.1 Å². The molecule has 6 nitrogen and oxygen atoms in total. The molecule has 6 heteroatoms. The first-order chi connectivity index (χ1) is 7.63. The summed E-state index contributed by atoms with van der Waals surface area (Å²) in [5.74, 6) is -0.0148. The number of carbonyl (C=O) groups is 2. The van der Waals surface area contributed by atoms with Crippen LogP contribution in [0.2, 0.25) is 0 Å². The third-order valence-corrected chi connectivity index (χ3v) is 3.16. The summed E-state index contributed by atoms with van der Waals surface area (Å²) in [7, 11) is 1.77. The molecule has 2 saturated heterocycles. The van der Waals surface area contributed by atoms with Crippen molar-refractivity contribution in [1.29, 1.82) is 0 Å². The first-order valence-corrected chi connectivity index (χ1v) is 5.53. The summed E-state index contributed by atoms with van der Waals surface area (Å²) >= 11 is 0. The summed E-state index contributed by atoms with van der Waals surface area (Å²) in [6, 6.07) is -0.0785. The Bertz CT molecular complexity index is 308. The van der Waals surface area contributed by atoms with Crippen LogP contribution in [0.15, 0.2) is 0 Å². The average Bonchev–Trinajstić information content (AvgIpc) is 2.69. The monoisotopic (exact) mass is 227 g/mol. The molecule has 0 unspecified atom stereocenters. The number of morpholine rings is 1. The minimum Gasteiger partial charge on any atom is -0.364 e. The zero-order chi connectivity index (χ0) is 11.7. The third kappa shape index (κ3) is 1.84. The smallest absolute Gasteiger partial charge is 0.317 e. The molecule has 0 saturated carbocycles. The van der Waals surface area contributed by atoms with Crippen molar-refractivity contribution in [2.24, 2.45) is 0 Å². The molecular weight excluding hydrogens is 210 g/mol. The number of nitrogens with zero attached hydrogens (tertiary/aromatic N) is 2. The first-order valence-electron chi connectivity index (χ1n) is 5.53. The van der Waals surface area contributed by atoms with Gasteiger partial charge in [0.2, 0.25) is 5.91 Å². The van der Waals surface area contributed by atoms with Crippen LogP contribution in [-0.2, 0) is 9.53 Å². The highest BCUT2D eigenvalue weighted by atomic mass is 16.5. The second-order valence-electron chi connectivity index (χ2n) is 4.16. The molecule has 2 aliphatic rings. The Morgan fingerprint density at radius 1 is 1.56 bits per heavy atom. The number of fused-ring (bicyclic) bond motifs is 1. The molecule has 1 N–H and O–H groups in total. The Balaban J connectivity index is 2.00. The SMILES string of the molecule is CCNC(=O)N1C[C@@H]2OCC(=O)N(C)[C@@H]2C1. The number of ether oxygens (including phenoxy) is 1. The van der Waals surface area contributed by atoms with Crippen LogP contribution < -0.4 is 5.32 Å². The number of rotatable bonds is 1. The predicted molar refractivity (Wildman–Crippen MR) is 56.9 cm³/mol. The second-order valence-corrected chi connectivity index (χ2v) is 4.16. The minimum atomic E-state index is -0.0821. The number of likely N-dealkylation sites (tertiary alicyclic amines) is 1. The number of nitrogens with one attached hydrogen (secondary N) is 1. The van der Waals surface area contributed by atoms with Gasteiger partial charge in [0.05, 0.1) is 18.7 Å². The number of carbonyl (C=O) groups excluding carboxylic acids is 2. The molecule has 16 heavy (non-hydrogen) atoms. The van der Waals surface area contributed by atoms with Crippen LogP contribution in [0.25, 0.3) is 0 Å². The highest BCUT2D eigenvalue weighted by molar-refractivity contribution is 5.79. The fourth-order valence-corrected chi connectivity index (χ4v) is 2.19. The highest BCUT2D eigenvalue weighted by Gasteiger charge is 2.42. The summed E-state index contributed by atoms with van der Waals surface area (Å²) in [6.07, 6.45) is -0.0368. The Hall–Kier alpha value is -1.30. The molecule has 0 aromatic carbocycles. The van der Waals surface area contributed by atoms with E-state index in [0.29, 0.717) is 19.6 Å². The van der Waals surface area contributed by atoms with Crippen LogP contribution in [0.5, 0.6) is 0 Å². The molecule has 0 aromatic heterocycles. The lowest BCUT2D eigenvalue weighted by Crippen LogP contribution is -2.51. The van der Waals surface area contributed by atoms with Crippen molar-refractivity contribution in [3.05, 3.63) is 0 Å². The van der Waals surface area contributed by atoms with Crippen LogP contribution in [0.1, 0.15) is 6.92 Å². The number of hydrogen-bond acceptors (Lipinski definition) is 3. The van der Waals surface area contributed by atoms with Gasteiger partial charge in [-0.3, -0.25) is 4.79 Å². The van der Waals surface area contributed by atoms with E-state index in [2.05, 4.69) is 5.32 Å². The van der Waals surface area contributed by atoms with Gasteiger partial charge in [-0.15, -0.1) is 0 Å². The number of hydrogen-bond donors (Lipinski definition) is 1. The van der Waals surface area contributed by atoms with E-state index >= 15 is 0 Å². The van der Waals surface area contributed by atoms with Crippen molar-refractivity contribution >= 4 is 11.9 Å². The molecule has 0 aliphatic carbocycles. The lowest BCUT2D eigenvalue weighted by molar-refractivity contribution is -0.150. The maximum Gasteiger partial charge on any atom is 0.317 e. The van der Waals surface area contributed by atoms with Gasteiger partial charge < -0.3 is 19.9 Å². The van der Waals surface area contributed by atoms with Gasteiger partial charge in [-0.25, -0.2) is 4.79 Å². The van der Waals surface area contributed by atoms with Gasteiger partial charge in [-0.1, -0.05) is 0 Å². The van der Waals surface area contributed by atoms with E-state index in [-0.39, 0.29) is 30.7 Å². The molecule has 0 spiro atoms. The van der Waals surface area contributed by atoms with E-state index in [1.807, 2.05) is 6.92 Å². The number of urea groups is 1. The molecular formula is C10H17N3O3. The van der Waals surface area contributed by atoms with Crippen molar-refractivity contribution < 1.29 is 14.3 Å². The largest absolute Gasteiger partial charge is 0.364 e. The minimum absolute atomic E-state index is 0.00357. The van der Waals surface area contributed by atoms with Gasteiger partial charge in [0.1, 0.15) is 6.61 Å². The molecule has 2 rings (SSSR count). The summed E-state index contributed by atoms with van der Waals surface area (Å²) in [5.41, 5.74) is 0. The van der Waals surface area contributed by atoms with Crippen LogP contribution in [0, 0.1) is 0 Å². The quantitative estimate of drug-likeness (QED) is 0.641. The zero-order valence-corrected chi connectivity index (χ0v) is 9.60. The Kier molecular flexibility index (Phi) is 3.00. The van der Waals surface area contributed by atoms with Crippen LogP contribution in [0.3, 0.4) is 0 Å². The molecule has 0 bridgehead atoms. The molecule has 0 aromatic rings. The fraction of sp³-hybridized carbons (Fsp3) is 0.800. The molecule has 3 amide bonds. The third-order valence-electron chi connectivity index (χ3n) is 3.16. The molecule has 2 heterocycles. The van der Waals surface area contributed by atoms with Gasteiger partial charge >= 0.3 is 6.03 Å². The summed E-state index contributed by atoms with van der Waals surface area (Å²) in [4.78, 5) is 26.4. The maximum absolute atomic E-state index is 11.6. The topological polar surface area (TPSA) is 61.9 Å². The summed E-state index contributed by atoms with van der Waals surface area (Å²) < 4.78 is 5.43. The Morgan fingerprint density at radius 2 is 2.31 bits per heavy atom. The van der Waals surface area contributed by atoms with Crippen molar-refractivity contribution in [3.63, 3.8) is 0 Å². The number of likely N-dealkylation sites (N-methyl/N-ethyl adjacent to an activating group) is 1. The second kappa shape index (κ2) is 4.29. The molecule has 0 radical (unpaired) electrons. The van der Waals surface area contributed by atoms with E-state index in [1.165, 1.54) is 0 Å². The molecule has 2 fully saturated rings. The van der Waals surface area contributed by atoms with Crippen molar-refractivity contribution in [3.8, 4) is 0 Å².